The lowest BCUT2D eigenvalue weighted by molar-refractivity contribution is 0.0981. The van der Waals surface area contributed by atoms with E-state index in [9.17, 15) is 21.6 Å². The van der Waals surface area contributed by atoms with Crippen molar-refractivity contribution >= 4 is 26.0 Å². The van der Waals surface area contributed by atoms with Crippen LogP contribution < -0.4 is 9.44 Å². The van der Waals surface area contributed by atoms with Gasteiger partial charge in [-0.25, -0.2) is 26.3 Å². The Labute approximate surface area is 153 Å². The second-order valence-corrected chi connectivity index (χ2v) is 9.49. The van der Waals surface area contributed by atoms with Crippen LogP contribution in [0.15, 0.2) is 47.4 Å². The quantitative estimate of drug-likeness (QED) is 0.768. The lowest BCUT2D eigenvalue weighted by atomic mass is 10.1. The summed E-state index contributed by atoms with van der Waals surface area (Å²) >= 11 is 0. The van der Waals surface area contributed by atoms with Crippen molar-refractivity contribution in [2.75, 3.05) is 6.26 Å². The molecule has 0 aliphatic rings. The zero-order valence-electron chi connectivity index (χ0n) is 14.6. The van der Waals surface area contributed by atoms with Gasteiger partial charge in [-0.05, 0) is 54.8 Å². The molecule has 7 nitrogen and oxygen atoms in total. The Morgan fingerprint density at radius 2 is 1.54 bits per heavy atom. The first-order valence-corrected chi connectivity index (χ1v) is 11.0. The highest BCUT2D eigenvalue weighted by atomic mass is 32.2. The van der Waals surface area contributed by atoms with E-state index in [4.69, 9.17) is 0 Å². The number of sulfonamides is 2. The van der Waals surface area contributed by atoms with Crippen LogP contribution in [0.25, 0.3) is 0 Å². The van der Waals surface area contributed by atoms with Crippen molar-refractivity contribution in [3.63, 3.8) is 0 Å². The smallest absolute Gasteiger partial charge is 0.264 e. The highest BCUT2D eigenvalue weighted by Crippen LogP contribution is 2.15. The molecule has 0 radical (unpaired) electrons. The molecule has 0 bridgehead atoms. The van der Waals surface area contributed by atoms with E-state index in [1.54, 1.807) is 30.3 Å². The van der Waals surface area contributed by atoms with Gasteiger partial charge >= 0.3 is 0 Å². The molecule has 140 valence electrons. The predicted octanol–water partition coefficient (Wildman–Crippen LogP) is 1.47. The summed E-state index contributed by atoms with van der Waals surface area (Å²) in [5.74, 6) is -0.741. The molecule has 2 N–H and O–H groups in total. The van der Waals surface area contributed by atoms with E-state index >= 15 is 0 Å². The molecule has 1 amide bonds. The topological polar surface area (TPSA) is 109 Å². The number of nitrogens with one attached hydrogen (secondary N) is 2. The van der Waals surface area contributed by atoms with E-state index in [0.29, 0.717) is 5.56 Å². The molecule has 2 rings (SSSR count). The number of hydrogen-bond donors (Lipinski definition) is 2. The highest BCUT2D eigenvalue weighted by Gasteiger charge is 2.15. The molecular weight excluding hydrogens is 376 g/mol. The van der Waals surface area contributed by atoms with Crippen molar-refractivity contribution in [3.05, 3.63) is 64.7 Å². The number of amides is 1. The molecular formula is C17H20N2O5S2. The van der Waals surface area contributed by atoms with Gasteiger partial charge in [-0.2, -0.15) is 0 Å². The van der Waals surface area contributed by atoms with Crippen molar-refractivity contribution < 1.29 is 21.6 Å². The molecule has 0 saturated heterocycles. The largest absolute Gasteiger partial charge is 0.268 e. The summed E-state index contributed by atoms with van der Waals surface area (Å²) in [6.07, 6.45) is 0.890. The molecule has 0 fully saturated rings. The maximum absolute atomic E-state index is 12.4. The molecule has 0 unspecified atom stereocenters. The zero-order chi connectivity index (χ0) is 19.5. The fourth-order valence-corrected chi connectivity index (χ4v) is 3.70. The summed E-state index contributed by atoms with van der Waals surface area (Å²) in [5.41, 5.74) is 2.69. The van der Waals surface area contributed by atoms with Crippen molar-refractivity contribution in [2.45, 2.75) is 25.3 Å². The maximum atomic E-state index is 12.4. The van der Waals surface area contributed by atoms with Crippen LogP contribution in [-0.4, -0.2) is 29.0 Å². The van der Waals surface area contributed by atoms with Gasteiger partial charge in [-0.1, -0.05) is 18.2 Å². The van der Waals surface area contributed by atoms with Gasteiger partial charge in [0, 0.05) is 12.1 Å². The summed E-state index contributed by atoms with van der Waals surface area (Å²) < 4.78 is 51.2. The minimum Gasteiger partial charge on any atom is -0.268 e. The van der Waals surface area contributed by atoms with E-state index in [0.717, 1.165) is 17.4 Å². The summed E-state index contributed by atoms with van der Waals surface area (Å²) in [6, 6.07) is 10.9. The van der Waals surface area contributed by atoms with Crippen LogP contribution >= 0.6 is 0 Å². The molecule has 0 saturated carbocycles. The molecule has 0 aliphatic carbocycles. The summed E-state index contributed by atoms with van der Waals surface area (Å²) in [4.78, 5) is 11.9. The Bertz CT molecular complexity index is 1030. The fraction of sp³-hybridized carbons (Fsp3) is 0.235. The van der Waals surface area contributed by atoms with Crippen LogP contribution in [0.3, 0.4) is 0 Å². The average molecular weight is 396 g/mol. The van der Waals surface area contributed by atoms with Gasteiger partial charge in [0.15, 0.2) is 0 Å². The third-order valence-corrected chi connectivity index (χ3v) is 5.70. The third-order valence-electron chi connectivity index (χ3n) is 3.75. The first-order chi connectivity index (χ1) is 12.0. The highest BCUT2D eigenvalue weighted by molar-refractivity contribution is 7.89. The van der Waals surface area contributed by atoms with Crippen molar-refractivity contribution in [1.29, 1.82) is 0 Å². The first kappa shape index (κ1) is 20.1. The summed E-state index contributed by atoms with van der Waals surface area (Å²) in [6.45, 7) is 3.79. The van der Waals surface area contributed by atoms with Crippen LogP contribution in [-0.2, 0) is 26.6 Å². The minimum absolute atomic E-state index is 0.0449. The zero-order valence-corrected chi connectivity index (χ0v) is 16.2. The van der Waals surface area contributed by atoms with Gasteiger partial charge in [0.1, 0.15) is 0 Å². The predicted molar refractivity (Wildman–Crippen MR) is 98.7 cm³/mol. The molecule has 0 heterocycles. The van der Waals surface area contributed by atoms with Crippen LogP contribution in [0.1, 0.15) is 27.0 Å². The summed E-state index contributed by atoms with van der Waals surface area (Å²) in [7, 11) is -7.30. The second-order valence-electron chi connectivity index (χ2n) is 5.97. The lowest BCUT2D eigenvalue weighted by Crippen LogP contribution is -2.29. The Balaban J connectivity index is 2.07. The lowest BCUT2D eigenvalue weighted by Gasteiger charge is -2.09. The summed E-state index contributed by atoms with van der Waals surface area (Å²) in [5, 5.41) is 0. The standard InChI is InChI=1S/C17H20N2O5S2/c1-12-4-9-16(10-13(12)2)26(23,24)18-11-14-5-7-15(8-6-14)17(20)19-25(3,21)22/h4-10,18H,11H2,1-3H3,(H,19,20). The second kappa shape index (κ2) is 7.56. The molecule has 0 atom stereocenters. The van der Waals surface area contributed by atoms with Crippen LogP contribution in [0.2, 0.25) is 0 Å². The normalized spacial score (nSPS) is 12.0. The van der Waals surface area contributed by atoms with E-state index in [1.165, 1.54) is 12.1 Å². The Morgan fingerprint density at radius 1 is 0.923 bits per heavy atom. The maximum Gasteiger partial charge on any atom is 0.264 e. The average Bonchev–Trinajstić information content (AvgIpc) is 2.54. The number of carbonyl (C=O) groups excluding carboxylic acids is 1. The van der Waals surface area contributed by atoms with Gasteiger partial charge in [0.25, 0.3) is 5.91 Å². The monoisotopic (exact) mass is 396 g/mol. The Morgan fingerprint density at radius 3 is 2.08 bits per heavy atom. The van der Waals surface area contributed by atoms with E-state index < -0.39 is 26.0 Å². The van der Waals surface area contributed by atoms with E-state index in [-0.39, 0.29) is 17.0 Å². The SMILES string of the molecule is Cc1ccc(S(=O)(=O)NCc2ccc(C(=O)NS(C)(=O)=O)cc2)cc1C. The van der Waals surface area contributed by atoms with E-state index in [1.807, 2.05) is 18.6 Å². The number of aryl methyl sites for hydroxylation is 2. The van der Waals surface area contributed by atoms with Crippen molar-refractivity contribution in [2.24, 2.45) is 0 Å². The Hall–Kier alpha value is -2.23. The first-order valence-electron chi connectivity index (χ1n) is 7.66. The molecule has 0 aliphatic heterocycles. The van der Waals surface area contributed by atoms with Gasteiger partial charge in [-0.3, -0.25) is 4.79 Å². The van der Waals surface area contributed by atoms with Gasteiger partial charge in [0.2, 0.25) is 20.0 Å². The number of rotatable bonds is 6. The molecule has 2 aromatic rings. The Kier molecular flexibility index (Phi) is 5.84. The van der Waals surface area contributed by atoms with Crippen LogP contribution in [0.5, 0.6) is 0 Å². The molecule has 0 spiro atoms. The third kappa shape index (κ3) is 5.38. The van der Waals surface area contributed by atoms with Gasteiger partial charge in [-0.15, -0.1) is 0 Å². The number of carbonyl (C=O) groups is 1. The number of benzene rings is 2. The molecule has 9 heteroatoms. The minimum atomic E-state index is -3.66. The van der Waals surface area contributed by atoms with Gasteiger partial charge < -0.3 is 0 Å². The van der Waals surface area contributed by atoms with E-state index in [2.05, 4.69) is 4.72 Å². The van der Waals surface area contributed by atoms with Crippen LogP contribution in [0.4, 0.5) is 0 Å². The fourth-order valence-electron chi connectivity index (χ4n) is 2.14. The molecule has 26 heavy (non-hydrogen) atoms. The number of hydrogen-bond acceptors (Lipinski definition) is 5. The van der Waals surface area contributed by atoms with Gasteiger partial charge in [0.05, 0.1) is 11.2 Å². The van der Waals surface area contributed by atoms with Crippen molar-refractivity contribution in [1.82, 2.24) is 9.44 Å². The molecule has 0 aromatic heterocycles. The molecule has 2 aromatic carbocycles. The van der Waals surface area contributed by atoms with Crippen LogP contribution in [0, 0.1) is 13.8 Å². The van der Waals surface area contributed by atoms with Crippen molar-refractivity contribution in [3.8, 4) is 0 Å².